The maximum Gasteiger partial charge on any atom is 0.273 e. The Labute approximate surface area is 90.3 Å². The van der Waals surface area contributed by atoms with Gasteiger partial charge in [-0.1, -0.05) is 12.1 Å². The number of carbonyl (C=O) groups is 1. The number of benzene rings is 1. The van der Waals surface area contributed by atoms with Crippen molar-refractivity contribution in [3.63, 3.8) is 0 Å². The largest absolute Gasteiger partial charge is 0.303 e. The Hall–Kier alpha value is -2.17. The molecule has 0 aliphatic heterocycles. The van der Waals surface area contributed by atoms with Crippen molar-refractivity contribution in [1.29, 1.82) is 0 Å². The van der Waals surface area contributed by atoms with E-state index in [4.69, 9.17) is 0 Å². The number of fused-ring (bicyclic) bond motifs is 1. The highest BCUT2D eigenvalue weighted by Crippen LogP contribution is 2.02. The molecule has 0 radical (unpaired) electrons. The van der Waals surface area contributed by atoms with Crippen molar-refractivity contribution >= 4 is 17.1 Å². The molecule has 2 rings (SSSR count). The molecule has 82 valence electrons. The van der Waals surface area contributed by atoms with Gasteiger partial charge >= 0.3 is 0 Å². The molecule has 5 heteroatoms. The number of rotatable bonds is 3. The van der Waals surface area contributed by atoms with E-state index in [1.807, 2.05) is 0 Å². The van der Waals surface area contributed by atoms with Gasteiger partial charge in [-0.25, -0.2) is 4.68 Å². The van der Waals surface area contributed by atoms with Crippen LogP contribution in [0.5, 0.6) is 0 Å². The first kappa shape index (κ1) is 10.4. The van der Waals surface area contributed by atoms with Gasteiger partial charge in [-0.15, -0.1) is 0 Å². The number of aldehydes is 1. The summed E-state index contributed by atoms with van der Waals surface area (Å²) in [4.78, 5) is 33.7. The average molecular weight is 218 g/mol. The van der Waals surface area contributed by atoms with Crippen LogP contribution in [0.2, 0.25) is 0 Å². The van der Waals surface area contributed by atoms with Gasteiger partial charge in [-0.05, 0) is 12.1 Å². The van der Waals surface area contributed by atoms with Crippen LogP contribution in [0.4, 0.5) is 0 Å². The van der Waals surface area contributed by atoms with E-state index in [1.54, 1.807) is 24.3 Å². The fraction of sp³-hybridized carbons (Fsp3) is 0.182. The lowest BCUT2D eigenvalue weighted by molar-refractivity contribution is -0.108. The number of aromatic amines is 1. The summed E-state index contributed by atoms with van der Waals surface area (Å²) < 4.78 is 1.17. The fourth-order valence-electron chi connectivity index (χ4n) is 1.59. The highest BCUT2D eigenvalue weighted by molar-refractivity contribution is 5.80. The summed E-state index contributed by atoms with van der Waals surface area (Å²) in [5.41, 5.74) is -0.599. The highest BCUT2D eigenvalue weighted by atomic mass is 16.2. The van der Waals surface area contributed by atoms with Crippen LogP contribution in [0.25, 0.3) is 10.8 Å². The normalized spacial score (nSPS) is 10.5. The van der Waals surface area contributed by atoms with Crippen LogP contribution in [-0.4, -0.2) is 16.1 Å². The molecule has 1 heterocycles. The number of aromatic nitrogens is 2. The van der Waals surface area contributed by atoms with Gasteiger partial charge in [0.15, 0.2) is 0 Å². The highest BCUT2D eigenvalue weighted by Gasteiger charge is 2.05. The van der Waals surface area contributed by atoms with Crippen LogP contribution in [0.15, 0.2) is 33.9 Å². The second-order valence-corrected chi connectivity index (χ2v) is 3.40. The topological polar surface area (TPSA) is 71.9 Å². The third-order valence-electron chi connectivity index (χ3n) is 2.35. The van der Waals surface area contributed by atoms with Gasteiger partial charge in [-0.2, -0.15) is 0 Å². The fourth-order valence-corrected chi connectivity index (χ4v) is 1.59. The predicted octanol–water partition coefficient (Wildman–Crippen LogP) is 0.279. The van der Waals surface area contributed by atoms with E-state index in [0.717, 1.165) is 0 Å². The first-order valence-electron chi connectivity index (χ1n) is 4.89. The Bertz CT molecular complexity index is 639. The summed E-state index contributed by atoms with van der Waals surface area (Å²) in [6.07, 6.45) is 0.911. The van der Waals surface area contributed by atoms with E-state index >= 15 is 0 Å². The van der Waals surface area contributed by atoms with Crippen molar-refractivity contribution in [2.75, 3.05) is 0 Å². The molecule has 5 nitrogen and oxygen atoms in total. The third-order valence-corrected chi connectivity index (χ3v) is 2.35. The molecule has 1 N–H and O–H groups in total. The van der Waals surface area contributed by atoms with E-state index in [2.05, 4.69) is 5.10 Å². The van der Waals surface area contributed by atoms with Gasteiger partial charge in [0.05, 0.1) is 10.8 Å². The zero-order valence-electron chi connectivity index (χ0n) is 8.47. The van der Waals surface area contributed by atoms with Gasteiger partial charge in [0.25, 0.3) is 11.1 Å². The second-order valence-electron chi connectivity index (χ2n) is 3.40. The summed E-state index contributed by atoms with van der Waals surface area (Å²) in [6, 6.07) is 6.60. The lowest BCUT2D eigenvalue weighted by atomic mass is 10.2. The quantitative estimate of drug-likeness (QED) is 0.752. The zero-order chi connectivity index (χ0) is 11.5. The molecule has 0 unspecified atom stereocenters. The van der Waals surface area contributed by atoms with Crippen molar-refractivity contribution < 1.29 is 4.79 Å². The molecular formula is C11H10N2O3. The van der Waals surface area contributed by atoms with E-state index in [0.29, 0.717) is 17.1 Å². The van der Waals surface area contributed by atoms with E-state index in [-0.39, 0.29) is 24.1 Å². The molecule has 0 saturated heterocycles. The van der Waals surface area contributed by atoms with Gasteiger partial charge in [0, 0.05) is 13.0 Å². The summed E-state index contributed by atoms with van der Waals surface area (Å²) in [5.74, 6) is 0. The Morgan fingerprint density at radius 2 is 1.88 bits per heavy atom. The number of hydrogen-bond acceptors (Lipinski definition) is 3. The van der Waals surface area contributed by atoms with E-state index in [9.17, 15) is 14.4 Å². The molecule has 0 aliphatic rings. The maximum atomic E-state index is 11.9. The zero-order valence-corrected chi connectivity index (χ0v) is 8.47. The van der Waals surface area contributed by atoms with Gasteiger partial charge < -0.3 is 4.79 Å². The Morgan fingerprint density at radius 1 is 1.19 bits per heavy atom. The summed E-state index contributed by atoms with van der Waals surface area (Å²) >= 11 is 0. The molecule has 0 fully saturated rings. The lowest BCUT2D eigenvalue weighted by Crippen LogP contribution is -2.29. The number of nitrogens with zero attached hydrogens (tertiary/aromatic N) is 1. The summed E-state index contributed by atoms with van der Waals surface area (Å²) in [7, 11) is 0. The second kappa shape index (κ2) is 4.14. The molecule has 0 spiro atoms. The van der Waals surface area contributed by atoms with Crippen molar-refractivity contribution in [3.8, 4) is 0 Å². The molecule has 0 aliphatic carbocycles. The Kier molecular flexibility index (Phi) is 2.68. The van der Waals surface area contributed by atoms with Crippen molar-refractivity contribution in [1.82, 2.24) is 9.78 Å². The Balaban J connectivity index is 2.71. The van der Waals surface area contributed by atoms with Crippen LogP contribution in [0, 0.1) is 0 Å². The van der Waals surface area contributed by atoms with Gasteiger partial charge in [0.1, 0.15) is 6.29 Å². The van der Waals surface area contributed by atoms with Crippen LogP contribution in [-0.2, 0) is 11.3 Å². The Morgan fingerprint density at radius 3 is 2.56 bits per heavy atom. The van der Waals surface area contributed by atoms with Gasteiger partial charge in [-0.3, -0.25) is 14.7 Å². The van der Waals surface area contributed by atoms with E-state index < -0.39 is 0 Å². The molecule has 0 saturated carbocycles. The third kappa shape index (κ3) is 1.67. The lowest BCUT2D eigenvalue weighted by Gasteiger charge is -2.04. The number of H-pyrrole nitrogens is 1. The minimum Gasteiger partial charge on any atom is -0.303 e. The number of carbonyl (C=O) groups excluding carboxylic acids is 1. The first-order valence-corrected chi connectivity index (χ1v) is 4.89. The van der Waals surface area contributed by atoms with Crippen molar-refractivity contribution in [2.45, 2.75) is 13.0 Å². The minimum atomic E-state index is -0.318. The monoisotopic (exact) mass is 218 g/mol. The number of hydrogen-bond donors (Lipinski definition) is 1. The average Bonchev–Trinajstić information content (AvgIpc) is 2.32. The van der Waals surface area contributed by atoms with Crippen LogP contribution in [0.3, 0.4) is 0 Å². The van der Waals surface area contributed by atoms with Crippen LogP contribution in [0.1, 0.15) is 6.42 Å². The van der Waals surface area contributed by atoms with E-state index in [1.165, 1.54) is 4.68 Å². The van der Waals surface area contributed by atoms with Crippen LogP contribution >= 0.6 is 0 Å². The predicted molar refractivity (Wildman–Crippen MR) is 59.5 cm³/mol. The van der Waals surface area contributed by atoms with Crippen LogP contribution < -0.4 is 11.1 Å². The number of aryl methyl sites for hydroxylation is 1. The molecule has 0 bridgehead atoms. The molecule has 1 aromatic carbocycles. The first-order chi connectivity index (χ1) is 7.74. The standard InChI is InChI=1S/C11H10N2O3/c14-7-3-6-13-11(16)9-5-2-1-4-8(9)10(15)12-13/h1-2,4-5,7H,3,6H2,(H,12,15). The molecule has 0 atom stereocenters. The maximum absolute atomic E-state index is 11.9. The SMILES string of the molecule is O=CCCn1[nH]c(=O)c2ccccc2c1=O. The molecule has 2 aromatic rings. The van der Waals surface area contributed by atoms with Gasteiger partial charge in [0.2, 0.25) is 0 Å². The minimum absolute atomic E-state index is 0.197. The summed E-state index contributed by atoms with van der Waals surface area (Å²) in [5, 5.41) is 3.19. The van der Waals surface area contributed by atoms with Crippen molar-refractivity contribution in [2.24, 2.45) is 0 Å². The summed E-state index contributed by atoms with van der Waals surface area (Å²) in [6.45, 7) is 0.197. The molecular weight excluding hydrogens is 208 g/mol. The molecule has 16 heavy (non-hydrogen) atoms. The molecule has 0 amide bonds. The van der Waals surface area contributed by atoms with Crippen molar-refractivity contribution in [3.05, 3.63) is 45.0 Å². The number of nitrogens with one attached hydrogen (secondary N) is 1. The molecule has 1 aromatic heterocycles. The smallest absolute Gasteiger partial charge is 0.273 e.